The van der Waals surface area contributed by atoms with E-state index >= 15 is 0 Å². The lowest BCUT2D eigenvalue weighted by molar-refractivity contribution is 0.0240. The molecule has 0 aromatic heterocycles. The summed E-state index contributed by atoms with van der Waals surface area (Å²) in [6.07, 6.45) is -0.666. The molecule has 4 heteroatoms. The summed E-state index contributed by atoms with van der Waals surface area (Å²) in [7, 11) is 0. The van der Waals surface area contributed by atoms with Crippen LogP contribution in [0.25, 0.3) is 0 Å². The van der Waals surface area contributed by atoms with Crippen molar-refractivity contribution in [1.82, 2.24) is 4.90 Å². The molecule has 1 aliphatic heterocycles. The lowest BCUT2D eigenvalue weighted by atomic mass is 9.88. The van der Waals surface area contributed by atoms with E-state index in [-0.39, 0.29) is 11.7 Å². The van der Waals surface area contributed by atoms with E-state index in [4.69, 9.17) is 4.74 Å². The summed E-state index contributed by atoms with van der Waals surface area (Å²) in [6.45, 7) is 3.97. The van der Waals surface area contributed by atoms with Crippen LogP contribution in [0.2, 0.25) is 0 Å². The Hall–Kier alpha value is -1.75. The van der Waals surface area contributed by atoms with E-state index in [1.54, 1.807) is 12.1 Å². The average Bonchev–Trinajstić information content (AvgIpc) is 2.61. The van der Waals surface area contributed by atoms with Crippen LogP contribution in [0.5, 0.6) is 0 Å². The van der Waals surface area contributed by atoms with E-state index in [0.717, 1.165) is 44.0 Å². The van der Waals surface area contributed by atoms with Crippen LogP contribution < -0.4 is 0 Å². The fourth-order valence-corrected chi connectivity index (χ4v) is 3.04. The van der Waals surface area contributed by atoms with Gasteiger partial charge in [-0.05, 0) is 23.3 Å². The van der Waals surface area contributed by atoms with Crippen LogP contribution in [0.15, 0.2) is 54.6 Å². The predicted octanol–water partition coefficient (Wildman–Crippen LogP) is 2.98. The summed E-state index contributed by atoms with van der Waals surface area (Å²) in [4.78, 5) is 2.31. The monoisotopic (exact) mass is 315 g/mol. The summed E-state index contributed by atoms with van der Waals surface area (Å²) in [5.41, 5.74) is 1.84. The summed E-state index contributed by atoms with van der Waals surface area (Å²) < 4.78 is 18.5. The van der Waals surface area contributed by atoms with Crippen molar-refractivity contribution < 1.29 is 14.2 Å². The van der Waals surface area contributed by atoms with Gasteiger partial charge in [0.1, 0.15) is 5.82 Å². The van der Waals surface area contributed by atoms with Gasteiger partial charge in [0.25, 0.3) is 0 Å². The molecule has 2 aromatic rings. The SMILES string of the molecule is O[C@@H](c1ccc(F)cc1)[C@H](CN1CCOCC1)c1ccccc1. The molecule has 0 amide bonds. The Kier molecular flexibility index (Phi) is 5.39. The Morgan fingerprint density at radius 3 is 2.26 bits per heavy atom. The van der Waals surface area contributed by atoms with Gasteiger partial charge in [-0.25, -0.2) is 4.39 Å². The zero-order chi connectivity index (χ0) is 16.1. The van der Waals surface area contributed by atoms with Crippen LogP contribution in [-0.4, -0.2) is 42.9 Å². The average molecular weight is 315 g/mol. The summed E-state index contributed by atoms with van der Waals surface area (Å²) in [6, 6.07) is 16.1. The van der Waals surface area contributed by atoms with E-state index in [0.29, 0.717) is 0 Å². The Balaban J connectivity index is 1.83. The highest BCUT2D eigenvalue weighted by Crippen LogP contribution is 2.32. The number of nitrogens with zero attached hydrogens (tertiary/aromatic N) is 1. The summed E-state index contributed by atoms with van der Waals surface area (Å²) in [5.74, 6) is -0.342. The quantitative estimate of drug-likeness (QED) is 0.921. The highest BCUT2D eigenvalue weighted by atomic mass is 19.1. The number of hydrogen-bond donors (Lipinski definition) is 1. The van der Waals surface area contributed by atoms with E-state index < -0.39 is 6.10 Å². The van der Waals surface area contributed by atoms with Gasteiger partial charge < -0.3 is 9.84 Å². The van der Waals surface area contributed by atoms with Crippen molar-refractivity contribution in [2.75, 3.05) is 32.8 Å². The zero-order valence-electron chi connectivity index (χ0n) is 13.1. The molecule has 0 aliphatic carbocycles. The number of rotatable bonds is 5. The molecule has 1 aliphatic rings. The smallest absolute Gasteiger partial charge is 0.123 e. The van der Waals surface area contributed by atoms with Crippen LogP contribution in [-0.2, 0) is 4.74 Å². The van der Waals surface area contributed by atoms with Gasteiger partial charge in [0.2, 0.25) is 0 Å². The second-order valence-corrected chi connectivity index (χ2v) is 5.93. The molecule has 122 valence electrons. The first-order valence-electron chi connectivity index (χ1n) is 8.02. The third-order valence-electron chi connectivity index (χ3n) is 4.38. The van der Waals surface area contributed by atoms with Crippen LogP contribution in [0.1, 0.15) is 23.1 Å². The predicted molar refractivity (Wildman–Crippen MR) is 87.8 cm³/mol. The molecular weight excluding hydrogens is 293 g/mol. The minimum Gasteiger partial charge on any atom is -0.388 e. The van der Waals surface area contributed by atoms with Crippen LogP contribution in [0.3, 0.4) is 0 Å². The number of aliphatic hydroxyl groups is 1. The highest BCUT2D eigenvalue weighted by molar-refractivity contribution is 5.27. The zero-order valence-corrected chi connectivity index (χ0v) is 13.1. The number of aliphatic hydroxyl groups excluding tert-OH is 1. The normalized spacial score (nSPS) is 18.5. The van der Waals surface area contributed by atoms with Crippen molar-refractivity contribution in [2.45, 2.75) is 12.0 Å². The second kappa shape index (κ2) is 7.68. The van der Waals surface area contributed by atoms with Crippen molar-refractivity contribution in [1.29, 1.82) is 0 Å². The molecule has 1 fully saturated rings. The molecule has 0 spiro atoms. The molecule has 1 saturated heterocycles. The molecule has 23 heavy (non-hydrogen) atoms. The minimum atomic E-state index is -0.666. The van der Waals surface area contributed by atoms with E-state index in [1.807, 2.05) is 30.3 Å². The van der Waals surface area contributed by atoms with Crippen LogP contribution in [0, 0.1) is 5.82 Å². The van der Waals surface area contributed by atoms with Gasteiger partial charge in [-0.3, -0.25) is 4.90 Å². The first kappa shape index (κ1) is 16.1. The Bertz CT molecular complexity index is 597. The minimum absolute atomic E-state index is 0.0558. The van der Waals surface area contributed by atoms with Crippen LogP contribution >= 0.6 is 0 Å². The van der Waals surface area contributed by atoms with Gasteiger partial charge in [-0.2, -0.15) is 0 Å². The first-order chi connectivity index (χ1) is 11.2. The second-order valence-electron chi connectivity index (χ2n) is 5.93. The molecular formula is C19H22FNO2. The number of ether oxygens (including phenoxy) is 1. The maximum absolute atomic E-state index is 13.1. The fourth-order valence-electron chi connectivity index (χ4n) is 3.04. The maximum Gasteiger partial charge on any atom is 0.123 e. The van der Waals surface area contributed by atoms with Crippen molar-refractivity contribution in [3.63, 3.8) is 0 Å². The van der Waals surface area contributed by atoms with Gasteiger partial charge in [0, 0.05) is 25.6 Å². The standard InChI is InChI=1S/C19H22FNO2/c20-17-8-6-16(7-9-17)19(22)18(15-4-2-1-3-5-15)14-21-10-12-23-13-11-21/h1-9,18-19,22H,10-14H2/t18-,19+/m1/s1. The molecule has 0 saturated carbocycles. The molecule has 2 aromatic carbocycles. The number of hydrogen-bond acceptors (Lipinski definition) is 3. The van der Waals surface area contributed by atoms with Crippen molar-refractivity contribution in [3.8, 4) is 0 Å². The number of morpholine rings is 1. The van der Waals surface area contributed by atoms with Gasteiger partial charge in [-0.15, -0.1) is 0 Å². The van der Waals surface area contributed by atoms with Crippen molar-refractivity contribution in [2.24, 2.45) is 0 Å². The first-order valence-corrected chi connectivity index (χ1v) is 8.02. The van der Waals surface area contributed by atoms with E-state index in [1.165, 1.54) is 12.1 Å². The number of benzene rings is 2. The van der Waals surface area contributed by atoms with Gasteiger partial charge in [0.15, 0.2) is 0 Å². The third-order valence-corrected chi connectivity index (χ3v) is 4.38. The van der Waals surface area contributed by atoms with Gasteiger partial charge >= 0.3 is 0 Å². The Labute approximate surface area is 136 Å². The molecule has 0 radical (unpaired) electrons. The molecule has 3 rings (SSSR count). The van der Waals surface area contributed by atoms with E-state index in [2.05, 4.69) is 4.90 Å². The molecule has 3 nitrogen and oxygen atoms in total. The lowest BCUT2D eigenvalue weighted by Gasteiger charge is -2.33. The maximum atomic E-state index is 13.1. The molecule has 1 heterocycles. The fraction of sp³-hybridized carbons (Fsp3) is 0.368. The van der Waals surface area contributed by atoms with Gasteiger partial charge in [-0.1, -0.05) is 42.5 Å². The Morgan fingerprint density at radius 2 is 1.61 bits per heavy atom. The summed E-state index contributed by atoms with van der Waals surface area (Å²) >= 11 is 0. The topological polar surface area (TPSA) is 32.7 Å². The highest BCUT2D eigenvalue weighted by Gasteiger charge is 2.26. The summed E-state index contributed by atoms with van der Waals surface area (Å²) in [5, 5.41) is 10.9. The molecule has 0 bridgehead atoms. The molecule has 0 unspecified atom stereocenters. The molecule has 1 N–H and O–H groups in total. The van der Waals surface area contributed by atoms with Crippen molar-refractivity contribution >= 4 is 0 Å². The van der Waals surface area contributed by atoms with Crippen LogP contribution in [0.4, 0.5) is 4.39 Å². The third kappa shape index (κ3) is 4.16. The lowest BCUT2D eigenvalue weighted by Crippen LogP contribution is -2.39. The van der Waals surface area contributed by atoms with Crippen molar-refractivity contribution in [3.05, 3.63) is 71.5 Å². The molecule has 2 atom stereocenters. The largest absolute Gasteiger partial charge is 0.388 e. The van der Waals surface area contributed by atoms with E-state index in [9.17, 15) is 9.50 Å². The Morgan fingerprint density at radius 1 is 0.957 bits per heavy atom. The van der Waals surface area contributed by atoms with Gasteiger partial charge in [0.05, 0.1) is 19.3 Å². The number of halogens is 1.